The predicted molar refractivity (Wildman–Crippen MR) is 76.8 cm³/mol. The van der Waals surface area contributed by atoms with Gasteiger partial charge in [-0.1, -0.05) is 36.4 Å². The van der Waals surface area contributed by atoms with E-state index in [-0.39, 0.29) is 5.75 Å². The van der Waals surface area contributed by atoms with E-state index in [1.165, 1.54) is 11.1 Å². The molecule has 4 nitrogen and oxygen atoms in total. The number of carbonyl (C=O) groups excluding carboxylic acids is 1. The molecule has 2 aliphatic carbocycles. The van der Waals surface area contributed by atoms with Crippen LogP contribution in [0, 0.1) is 0 Å². The first-order valence-electron chi connectivity index (χ1n) is 5.45. The van der Waals surface area contributed by atoms with Crippen LogP contribution in [0.5, 0.6) is 5.75 Å². The largest absolute Gasteiger partial charge is 0.410 e. The number of ether oxygens (including phenoxy) is 1. The summed E-state index contributed by atoms with van der Waals surface area (Å²) in [7, 11) is 0. The molecule has 5 heteroatoms. The molecular formula is C14H10N2O2S. The van der Waals surface area contributed by atoms with Crippen molar-refractivity contribution in [2.24, 2.45) is 10.7 Å². The lowest BCUT2D eigenvalue weighted by atomic mass is 9.95. The van der Waals surface area contributed by atoms with Gasteiger partial charge in [0.1, 0.15) is 5.69 Å². The van der Waals surface area contributed by atoms with Gasteiger partial charge in [0.15, 0.2) is 5.75 Å². The molecule has 3 rings (SSSR count). The van der Waals surface area contributed by atoms with Gasteiger partial charge in [0, 0.05) is 0 Å². The van der Waals surface area contributed by atoms with Crippen LogP contribution >= 0.6 is 12.2 Å². The van der Waals surface area contributed by atoms with Crippen molar-refractivity contribution in [1.82, 2.24) is 0 Å². The van der Waals surface area contributed by atoms with Crippen molar-refractivity contribution in [2.45, 2.75) is 0 Å². The van der Waals surface area contributed by atoms with E-state index >= 15 is 0 Å². The number of benzene rings is 2. The minimum absolute atomic E-state index is 0.271. The minimum Gasteiger partial charge on any atom is -0.408 e. The van der Waals surface area contributed by atoms with E-state index < -0.39 is 6.09 Å². The maximum atomic E-state index is 10.4. The Labute approximate surface area is 115 Å². The van der Waals surface area contributed by atoms with Crippen LogP contribution in [0.3, 0.4) is 0 Å². The van der Waals surface area contributed by atoms with Gasteiger partial charge in [0.25, 0.3) is 0 Å². The number of para-hydroxylation sites is 2. The van der Waals surface area contributed by atoms with Crippen molar-refractivity contribution in [2.75, 3.05) is 0 Å². The Kier molecular flexibility index (Phi) is 4.03. The normalized spacial score (nSPS) is 9.47. The highest BCUT2D eigenvalue weighted by Gasteiger charge is 2.04. The summed E-state index contributed by atoms with van der Waals surface area (Å²) in [6, 6.07) is 15.1. The van der Waals surface area contributed by atoms with Crippen LogP contribution < -0.4 is 10.5 Å². The molecule has 0 heterocycles. The number of aliphatic imine (C=N–C) groups is 1. The maximum Gasteiger partial charge on any atom is 0.410 e. The number of fused-ring (bicyclic) bond motifs is 1. The lowest BCUT2D eigenvalue weighted by Crippen LogP contribution is -2.16. The first kappa shape index (κ1) is 13.0. The van der Waals surface area contributed by atoms with E-state index in [0.717, 1.165) is 0 Å². The second-order valence-corrected chi connectivity index (χ2v) is 3.85. The third-order valence-corrected chi connectivity index (χ3v) is 2.55. The van der Waals surface area contributed by atoms with Crippen molar-refractivity contribution >= 4 is 29.2 Å². The van der Waals surface area contributed by atoms with E-state index in [2.05, 4.69) is 51.4 Å². The number of hydrogen-bond acceptors (Lipinski definition) is 4. The molecule has 19 heavy (non-hydrogen) atoms. The molecule has 0 atom stereocenters. The second-order valence-electron chi connectivity index (χ2n) is 3.67. The highest BCUT2D eigenvalue weighted by atomic mass is 32.1. The minimum atomic E-state index is -0.882. The number of hydrogen-bond donors (Lipinski definition) is 1. The summed E-state index contributed by atoms with van der Waals surface area (Å²) in [5.41, 5.74) is 8.12. The van der Waals surface area contributed by atoms with Crippen molar-refractivity contribution < 1.29 is 9.53 Å². The highest BCUT2D eigenvalue weighted by Crippen LogP contribution is 2.29. The number of isothiocyanates is 1. The average molecular weight is 270 g/mol. The third-order valence-electron chi connectivity index (χ3n) is 2.46. The number of nitrogens with zero attached hydrogens (tertiary/aromatic N) is 1. The Bertz CT molecular complexity index is 626. The van der Waals surface area contributed by atoms with Gasteiger partial charge in [0.2, 0.25) is 0 Å². The molecule has 2 aliphatic rings. The predicted octanol–water partition coefficient (Wildman–Crippen LogP) is 3.55. The molecule has 0 unspecified atom stereocenters. The van der Waals surface area contributed by atoms with Crippen LogP contribution in [0.15, 0.2) is 53.5 Å². The smallest absolute Gasteiger partial charge is 0.408 e. The first-order chi connectivity index (χ1) is 9.20. The topological polar surface area (TPSA) is 64.7 Å². The summed E-state index contributed by atoms with van der Waals surface area (Å²) in [4.78, 5) is 14.1. The summed E-state index contributed by atoms with van der Waals surface area (Å²) < 4.78 is 4.66. The van der Waals surface area contributed by atoms with Crippen LogP contribution in [0.25, 0.3) is 11.1 Å². The van der Waals surface area contributed by atoms with Crippen LogP contribution in [0.4, 0.5) is 10.5 Å². The van der Waals surface area contributed by atoms with Gasteiger partial charge in [-0.2, -0.15) is 4.99 Å². The number of carbonyl (C=O) groups is 1. The van der Waals surface area contributed by atoms with Gasteiger partial charge >= 0.3 is 6.09 Å². The molecule has 0 spiro atoms. The lowest BCUT2D eigenvalue weighted by molar-refractivity contribution is 0.211. The Morgan fingerprint density at radius 1 is 1.11 bits per heavy atom. The Morgan fingerprint density at radius 2 is 1.68 bits per heavy atom. The van der Waals surface area contributed by atoms with Crippen molar-refractivity contribution in [3.05, 3.63) is 48.5 Å². The van der Waals surface area contributed by atoms with Crippen molar-refractivity contribution in [3.63, 3.8) is 0 Å². The van der Waals surface area contributed by atoms with Gasteiger partial charge in [0.05, 0.1) is 5.16 Å². The van der Waals surface area contributed by atoms with E-state index in [4.69, 9.17) is 5.73 Å². The molecular weight excluding hydrogens is 260 g/mol. The van der Waals surface area contributed by atoms with Gasteiger partial charge in [-0.15, -0.1) is 0 Å². The molecule has 0 aliphatic heterocycles. The molecule has 0 saturated carbocycles. The molecule has 1 aromatic rings. The van der Waals surface area contributed by atoms with Crippen molar-refractivity contribution in [1.29, 1.82) is 0 Å². The van der Waals surface area contributed by atoms with Gasteiger partial charge < -0.3 is 10.5 Å². The lowest BCUT2D eigenvalue weighted by Gasteiger charge is -2.10. The monoisotopic (exact) mass is 270 g/mol. The van der Waals surface area contributed by atoms with E-state index in [9.17, 15) is 4.79 Å². The second kappa shape index (κ2) is 5.91. The standard InChI is InChI=1S/C8H6N2O2S.C6H4/c9-8(11)12-7-4-2-1-3-6(7)10-5-13;1-2-6-4-3-5(1)6/h1-4H,(H2,9,11);1-4H. The maximum absolute atomic E-state index is 10.4. The summed E-state index contributed by atoms with van der Waals surface area (Å²) in [6.07, 6.45) is -0.882. The molecule has 0 fully saturated rings. The Morgan fingerprint density at radius 3 is 2.11 bits per heavy atom. The quantitative estimate of drug-likeness (QED) is 0.572. The zero-order valence-electron chi connectivity index (χ0n) is 9.87. The van der Waals surface area contributed by atoms with E-state index in [1.54, 1.807) is 24.3 Å². The number of primary amides is 1. The van der Waals surface area contributed by atoms with Crippen LogP contribution in [-0.2, 0) is 0 Å². The fourth-order valence-corrected chi connectivity index (χ4v) is 1.55. The van der Waals surface area contributed by atoms with E-state index in [0.29, 0.717) is 5.69 Å². The zero-order chi connectivity index (χ0) is 13.7. The summed E-state index contributed by atoms with van der Waals surface area (Å²) in [6.45, 7) is 0. The average Bonchev–Trinajstić information content (AvgIpc) is 2.37. The Hall–Kier alpha value is -2.49. The molecule has 0 bridgehead atoms. The summed E-state index contributed by atoms with van der Waals surface area (Å²) in [5.74, 6) is 0.271. The Balaban J connectivity index is 0.000000180. The molecule has 0 aromatic heterocycles. The molecule has 94 valence electrons. The third kappa shape index (κ3) is 3.25. The number of amides is 1. The van der Waals surface area contributed by atoms with Crippen LogP contribution in [0.2, 0.25) is 0 Å². The van der Waals surface area contributed by atoms with Gasteiger partial charge in [-0.05, 0) is 35.5 Å². The summed E-state index contributed by atoms with van der Waals surface area (Å²) >= 11 is 4.42. The molecule has 1 amide bonds. The van der Waals surface area contributed by atoms with Crippen LogP contribution in [0.1, 0.15) is 0 Å². The van der Waals surface area contributed by atoms with Crippen molar-refractivity contribution in [3.8, 4) is 16.9 Å². The number of thiocarbonyl (C=S) groups is 1. The van der Waals surface area contributed by atoms with Gasteiger partial charge in [-0.25, -0.2) is 4.79 Å². The molecule has 0 radical (unpaired) electrons. The number of nitrogens with two attached hydrogens (primary N) is 1. The SMILES string of the molecule is NC(=O)Oc1ccccc1N=C=S.c1cc2ccc1-2. The molecule has 1 aromatic carbocycles. The fourth-order valence-electron chi connectivity index (χ4n) is 1.46. The highest BCUT2D eigenvalue weighted by molar-refractivity contribution is 7.78. The molecule has 2 N–H and O–H groups in total. The molecule has 0 saturated heterocycles. The van der Waals surface area contributed by atoms with E-state index in [1.807, 2.05) is 0 Å². The van der Waals surface area contributed by atoms with Gasteiger partial charge in [-0.3, -0.25) is 0 Å². The number of rotatable bonds is 2. The van der Waals surface area contributed by atoms with Crippen LogP contribution in [-0.4, -0.2) is 11.3 Å². The fraction of sp³-hybridized carbons (Fsp3) is 0. The zero-order valence-corrected chi connectivity index (χ0v) is 10.7. The summed E-state index contributed by atoms with van der Waals surface area (Å²) in [5, 5.41) is 2.17. The first-order valence-corrected chi connectivity index (χ1v) is 5.86.